The third-order valence-corrected chi connectivity index (χ3v) is 6.44. The smallest absolute Gasteiger partial charge is 0.200 e. The Morgan fingerprint density at radius 3 is 1.77 bits per heavy atom. The fraction of sp³-hybridized carbons (Fsp3) is 0.667. The molecule has 146 valence electrons. The lowest BCUT2D eigenvalue weighted by atomic mass is 9.89. The minimum Gasteiger partial charge on any atom is -0.200 e. The van der Waals surface area contributed by atoms with Gasteiger partial charge in [0.1, 0.15) is 0 Å². The average molecular weight is 379 g/mol. The van der Waals surface area contributed by atoms with E-state index in [1.807, 2.05) is 0 Å². The van der Waals surface area contributed by atoms with Gasteiger partial charge in [-0.25, -0.2) is 4.83 Å². The van der Waals surface area contributed by atoms with Gasteiger partial charge in [0.2, 0.25) is 0 Å². The van der Waals surface area contributed by atoms with E-state index >= 15 is 0 Å². The highest BCUT2D eigenvalue weighted by Gasteiger charge is 2.27. The molecule has 1 aliphatic rings. The van der Waals surface area contributed by atoms with E-state index in [1.165, 1.54) is 12.0 Å². The number of hydrazone groups is 1. The number of nitrogens with one attached hydrogen (secondary N) is 1. The molecule has 4 nitrogen and oxygen atoms in total. The normalized spacial score (nSPS) is 15.8. The van der Waals surface area contributed by atoms with Gasteiger partial charge in [-0.05, 0) is 60.1 Å². The summed E-state index contributed by atoms with van der Waals surface area (Å²) in [7, 11) is -3.69. The number of sulfonamides is 1. The summed E-state index contributed by atoms with van der Waals surface area (Å²) in [4.78, 5) is 2.97. The van der Waals surface area contributed by atoms with Gasteiger partial charge in [-0.3, -0.25) is 0 Å². The van der Waals surface area contributed by atoms with Gasteiger partial charge in [-0.15, -0.1) is 0 Å². The molecule has 0 bridgehead atoms. The van der Waals surface area contributed by atoms with Crippen LogP contribution in [-0.4, -0.2) is 14.1 Å². The Morgan fingerprint density at radius 1 is 0.846 bits per heavy atom. The zero-order chi connectivity index (χ0) is 19.5. The molecule has 1 aromatic carbocycles. The van der Waals surface area contributed by atoms with Crippen LogP contribution in [0.3, 0.4) is 0 Å². The molecule has 0 atom stereocenters. The Bertz CT molecular complexity index is 725. The molecule has 1 saturated carbocycles. The zero-order valence-corrected chi connectivity index (χ0v) is 17.9. The van der Waals surface area contributed by atoms with Gasteiger partial charge in [-0.2, -0.15) is 13.5 Å². The van der Waals surface area contributed by atoms with Gasteiger partial charge >= 0.3 is 0 Å². The molecule has 0 radical (unpaired) electrons. The van der Waals surface area contributed by atoms with Crippen LogP contribution in [0.4, 0.5) is 0 Å². The van der Waals surface area contributed by atoms with Crippen molar-refractivity contribution in [3.8, 4) is 0 Å². The largest absolute Gasteiger partial charge is 0.277 e. The van der Waals surface area contributed by atoms with Gasteiger partial charge in [-0.1, -0.05) is 60.1 Å². The van der Waals surface area contributed by atoms with E-state index < -0.39 is 10.0 Å². The molecular formula is C21H34N2O2S. The number of hydrogen-bond acceptors (Lipinski definition) is 3. The number of nitrogens with zero attached hydrogens (tertiary/aromatic N) is 1. The first-order valence-electron chi connectivity index (χ1n) is 9.88. The summed E-state index contributed by atoms with van der Waals surface area (Å²) in [5, 5.41) is 4.27. The lowest BCUT2D eigenvalue weighted by Gasteiger charge is -2.22. The van der Waals surface area contributed by atoms with E-state index in [1.54, 1.807) is 0 Å². The predicted octanol–water partition coefficient (Wildman–Crippen LogP) is 5.66. The molecule has 0 heterocycles. The van der Waals surface area contributed by atoms with E-state index in [9.17, 15) is 8.42 Å². The second-order valence-corrected chi connectivity index (χ2v) is 9.92. The summed E-state index contributed by atoms with van der Waals surface area (Å²) >= 11 is 0. The van der Waals surface area contributed by atoms with Crippen molar-refractivity contribution in [1.82, 2.24) is 4.83 Å². The molecule has 2 rings (SSSR count). The van der Waals surface area contributed by atoms with Crippen molar-refractivity contribution >= 4 is 15.7 Å². The van der Waals surface area contributed by atoms with E-state index in [0.717, 1.165) is 42.5 Å². The number of benzene rings is 1. The van der Waals surface area contributed by atoms with Crippen molar-refractivity contribution < 1.29 is 8.42 Å². The highest BCUT2D eigenvalue weighted by atomic mass is 32.2. The van der Waals surface area contributed by atoms with E-state index in [0.29, 0.717) is 10.8 Å². The molecule has 26 heavy (non-hydrogen) atoms. The van der Waals surface area contributed by atoms with Crippen molar-refractivity contribution in [2.75, 3.05) is 0 Å². The molecule has 0 unspecified atom stereocenters. The molecule has 1 aromatic rings. The average Bonchev–Trinajstić information content (AvgIpc) is 2.59. The Balaban J connectivity index is 2.54. The molecule has 1 fully saturated rings. The maximum absolute atomic E-state index is 13.2. The lowest BCUT2D eigenvalue weighted by Crippen LogP contribution is -2.24. The minimum atomic E-state index is -3.69. The van der Waals surface area contributed by atoms with Gasteiger partial charge in [0.05, 0.1) is 4.90 Å². The van der Waals surface area contributed by atoms with Gasteiger partial charge < -0.3 is 0 Å². The summed E-state index contributed by atoms with van der Waals surface area (Å²) in [6.07, 6.45) is 5.18. The minimum absolute atomic E-state index is 0.125. The third kappa shape index (κ3) is 4.87. The summed E-state index contributed by atoms with van der Waals surface area (Å²) in [5.74, 6) is 0.609. The molecule has 0 amide bonds. The highest BCUT2D eigenvalue weighted by molar-refractivity contribution is 7.89. The van der Waals surface area contributed by atoms with E-state index in [4.69, 9.17) is 0 Å². The molecule has 1 N–H and O–H groups in total. The second-order valence-electron chi connectivity index (χ2n) is 8.33. The van der Waals surface area contributed by atoms with Crippen molar-refractivity contribution in [1.29, 1.82) is 0 Å². The topological polar surface area (TPSA) is 58.5 Å². The fourth-order valence-electron chi connectivity index (χ4n) is 3.44. The zero-order valence-electron chi connectivity index (χ0n) is 17.1. The summed E-state index contributed by atoms with van der Waals surface area (Å²) in [6, 6.07) is 4.12. The third-order valence-electron chi connectivity index (χ3n) is 5.10. The Hall–Kier alpha value is -1.36. The summed E-state index contributed by atoms with van der Waals surface area (Å²) in [5.41, 5.74) is 3.93. The quantitative estimate of drug-likeness (QED) is 0.650. The lowest BCUT2D eigenvalue weighted by molar-refractivity contribution is 0.577. The van der Waals surface area contributed by atoms with Crippen molar-refractivity contribution in [2.45, 2.75) is 96.3 Å². The van der Waals surface area contributed by atoms with Crippen LogP contribution < -0.4 is 4.83 Å². The Labute approximate surface area is 159 Å². The monoisotopic (exact) mass is 378 g/mol. The molecule has 0 spiro atoms. The Morgan fingerprint density at radius 2 is 1.35 bits per heavy atom. The maximum atomic E-state index is 13.2. The Kier molecular flexibility index (Phi) is 6.89. The van der Waals surface area contributed by atoms with Gasteiger partial charge in [0, 0.05) is 5.71 Å². The van der Waals surface area contributed by atoms with Crippen LogP contribution in [0.25, 0.3) is 0 Å². The highest BCUT2D eigenvalue weighted by Crippen LogP contribution is 2.35. The molecule has 0 aromatic heterocycles. The number of rotatable bonds is 6. The second kappa shape index (κ2) is 8.55. The number of hydrogen-bond donors (Lipinski definition) is 1. The van der Waals surface area contributed by atoms with Crippen molar-refractivity contribution in [3.05, 3.63) is 28.8 Å². The summed E-state index contributed by atoms with van der Waals surface area (Å²) < 4.78 is 26.4. The molecular weight excluding hydrogens is 344 g/mol. The fourth-order valence-corrected chi connectivity index (χ4v) is 4.99. The van der Waals surface area contributed by atoms with Crippen LogP contribution in [0.1, 0.15) is 108 Å². The van der Waals surface area contributed by atoms with Crippen LogP contribution in [0.15, 0.2) is 22.1 Å². The maximum Gasteiger partial charge on any atom is 0.277 e. The van der Waals surface area contributed by atoms with Crippen molar-refractivity contribution in [2.24, 2.45) is 5.10 Å². The van der Waals surface area contributed by atoms with Crippen LogP contribution in [-0.2, 0) is 10.0 Å². The van der Waals surface area contributed by atoms with E-state index in [2.05, 4.69) is 63.6 Å². The molecule has 0 saturated heterocycles. The van der Waals surface area contributed by atoms with Gasteiger partial charge in [0.15, 0.2) is 0 Å². The van der Waals surface area contributed by atoms with Crippen LogP contribution in [0.2, 0.25) is 0 Å². The summed E-state index contributed by atoms with van der Waals surface area (Å²) in [6.45, 7) is 12.5. The first-order valence-corrected chi connectivity index (χ1v) is 11.4. The van der Waals surface area contributed by atoms with E-state index in [-0.39, 0.29) is 11.8 Å². The standard InChI is InChI=1S/C21H34N2O2S/c1-14(2)17-12-19(15(3)4)21(20(13-17)16(5)6)26(24,25)23-22-18-10-8-7-9-11-18/h12-16,23H,7-11H2,1-6H3. The molecule has 5 heteroatoms. The SMILES string of the molecule is CC(C)c1cc(C(C)C)c(S(=O)(=O)NN=C2CCCCC2)c(C(C)C)c1. The molecule has 0 aliphatic heterocycles. The van der Waals surface area contributed by atoms with Crippen LogP contribution in [0.5, 0.6) is 0 Å². The van der Waals surface area contributed by atoms with Gasteiger partial charge in [0.25, 0.3) is 10.0 Å². The molecule has 1 aliphatic carbocycles. The van der Waals surface area contributed by atoms with Crippen LogP contribution >= 0.6 is 0 Å². The predicted molar refractivity (Wildman–Crippen MR) is 110 cm³/mol. The first-order chi connectivity index (χ1) is 12.1. The van der Waals surface area contributed by atoms with Crippen molar-refractivity contribution in [3.63, 3.8) is 0 Å². The van der Waals surface area contributed by atoms with Crippen LogP contribution in [0, 0.1) is 0 Å². The first kappa shape index (κ1) is 20.9.